The van der Waals surface area contributed by atoms with Crippen LogP contribution in [0.15, 0.2) is 69.6 Å². The molecule has 1 aromatic heterocycles. The smallest absolute Gasteiger partial charge is 0.338 e. The Bertz CT molecular complexity index is 1370. The van der Waals surface area contributed by atoms with E-state index in [9.17, 15) is 9.59 Å². The van der Waals surface area contributed by atoms with Crippen LogP contribution in [0, 0.1) is 0 Å². The summed E-state index contributed by atoms with van der Waals surface area (Å²) in [5.41, 5.74) is 2.26. The molecule has 0 saturated heterocycles. The molecule has 4 rings (SSSR count). The van der Waals surface area contributed by atoms with Crippen LogP contribution in [0.2, 0.25) is 0 Å². The van der Waals surface area contributed by atoms with Crippen LogP contribution in [0.3, 0.4) is 0 Å². The fourth-order valence-electron chi connectivity index (χ4n) is 3.65. The molecule has 1 aliphatic rings. The fraction of sp³-hybridized carbons (Fsp3) is 0.208. The van der Waals surface area contributed by atoms with Gasteiger partial charge in [0.15, 0.2) is 4.80 Å². The molecular formula is C24H22N2O5S. The number of benzene rings is 2. The Kier molecular flexibility index (Phi) is 5.96. The Hall–Kier alpha value is -3.65. The first-order valence-electron chi connectivity index (χ1n) is 9.85. The van der Waals surface area contributed by atoms with Gasteiger partial charge in [0.25, 0.3) is 5.56 Å². The van der Waals surface area contributed by atoms with Gasteiger partial charge in [-0.3, -0.25) is 9.36 Å². The summed E-state index contributed by atoms with van der Waals surface area (Å²) < 4.78 is 17.5. The van der Waals surface area contributed by atoms with Crippen LogP contribution >= 0.6 is 11.3 Å². The topological polar surface area (TPSA) is 79.1 Å². The van der Waals surface area contributed by atoms with Crippen molar-refractivity contribution in [1.29, 1.82) is 0 Å². The molecule has 164 valence electrons. The van der Waals surface area contributed by atoms with Gasteiger partial charge < -0.3 is 14.2 Å². The van der Waals surface area contributed by atoms with E-state index >= 15 is 0 Å². The van der Waals surface area contributed by atoms with Gasteiger partial charge in [-0.1, -0.05) is 35.6 Å². The minimum absolute atomic E-state index is 0.223. The minimum Gasteiger partial charge on any atom is -0.497 e. The van der Waals surface area contributed by atoms with Crippen LogP contribution in [-0.4, -0.2) is 31.9 Å². The third kappa shape index (κ3) is 3.85. The highest BCUT2D eigenvalue weighted by Crippen LogP contribution is 2.31. The number of hydrogen-bond donors (Lipinski definition) is 0. The molecule has 7 nitrogen and oxygen atoms in total. The Labute approximate surface area is 188 Å². The highest BCUT2D eigenvalue weighted by atomic mass is 32.1. The standard InChI is InChI=1S/C24H22N2O5S/c1-14-20(23(28)31-4)21(16-7-11-18(30-3)12-8-16)26-22(27)19(32-24(26)25-14)13-15-5-9-17(29-2)10-6-15/h5-13,21H,1-4H3/b19-13+/t21-/m1/s1. The summed E-state index contributed by atoms with van der Waals surface area (Å²) in [6.07, 6.45) is 1.81. The molecular weight excluding hydrogens is 428 g/mol. The Morgan fingerprint density at radius 1 is 1.00 bits per heavy atom. The van der Waals surface area contributed by atoms with Crippen LogP contribution in [0.5, 0.6) is 11.5 Å². The number of ether oxygens (including phenoxy) is 3. The first kappa shape index (κ1) is 21.6. The molecule has 0 unspecified atom stereocenters. The lowest BCUT2D eigenvalue weighted by Gasteiger charge is -2.24. The van der Waals surface area contributed by atoms with Gasteiger partial charge in [-0.2, -0.15) is 0 Å². The van der Waals surface area contributed by atoms with Gasteiger partial charge in [0.2, 0.25) is 0 Å². The second-order valence-electron chi connectivity index (χ2n) is 7.12. The number of nitrogens with zero attached hydrogens (tertiary/aromatic N) is 2. The zero-order valence-corrected chi connectivity index (χ0v) is 18.9. The Morgan fingerprint density at radius 2 is 1.59 bits per heavy atom. The fourth-order valence-corrected chi connectivity index (χ4v) is 4.69. The normalized spacial score (nSPS) is 15.8. The summed E-state index contributed by atoms with van der Waals surface area (Å²) >= 11 is 1.28. The van der Waals surface area contributed by atoms with Gasteiger partial charge in [-0.15, -0.1) is 0 Å². The second-order valence-corrected chi connectivity index (χ2v) is 8.13. The molecule has 1 atom stereocenters. The van der Waals surface area contributed by atoms with Gasteiger partial charge in [0, 0.05) is 0 Å². The van der Waals surface area contributed by atoms with Crippen LogP contribution in [0.4, 0.5) is 0 Å². The van der Waals surface area contributed by atoms with Crippen molar-refractivity contribution in [2.45, 2.75) is 13.0 Å². The number of carbonyl (C=O) groups is 1. The van der Waals surface area contributed by atoms with Crippen molar-refractivity contribution in [2.24, 2.45) is 4.99 Å². The van der Waals surface area contributed by atoms with E-state index in [0.717, 1.165) is 16.9 Å². The lowest BCUT2D eigenvalue weighted by atomic mass is 9.96. The zero-order valence-electron chi connectivity index (χ0n) is 18.1. The molecule has 0 bridgehead atoms. The molecule has 0 spiro atoms. The first-order valence-corrected chi connectivity index (χ1v) is 10.7. The maximum atomic E-state index is 13.5. The van der Waals surface area contributed by atoms with E-state index in [0.29, 0.717) is 26.4 Å². The molecule has 0 aliphatic carbocycles. The number of esters is 1. The quantitative estimate of drug-likeness (QED) is 0.558. The van der Waals surface area contributed by atoms with Crippen molar-refractivity contribution in [3.63, 3.8) is 0 Å². The monoisotopic (exact) mass is 450 g/mol. The Morgan fingerprint density at radius 3 is 2.16 bits per heavy atom. The van der Waals surface area contributed by atoms with Crippen molar-refractivity contribution < 1.29 is 19.0 Å². The lowest BCUT2D eigenvalue weighted by Crippen LogP contribution is -2.39. The summed E-state index contributed by atoms with van der Waals surface area (Å²) in [6, 6.07) is 14.1. The predicted molar refractivity (Wildman–Crippen MR) is 122 cm³/mol. The van der Waals surface area contributed by atoms with E-state index < -0.39 is 12.0 Å². The molecule has 8 heteroatoms. The van der Waals surface area contributed by atoms with Crippen molar-refractivity contribution >= 4 is 23.4 Å². The second kappa shape index (κ2) is 8.84. The SMILES string of the molecule is COC(=O)C1=C(C)N=c2s/c(=C/c3ccc(OC)cc3)c(=O)n2[C@@H]1c1ccc(OC)cc1. The first-order chi connectivity index (χ1) is 15.5. The summed E-state index contributed by atoms with van der Waals surface area (Å²) in [5.74, 6) is 0.902. The molecule has 0 amide bonds. The van der Waals surface area contributed by atoms with E-state index in [4.69, 9.17) is 14.2 Å². The van der Waals surface area contributed by atoms with E-state index in [1.165, 1.54) is 18.4 Å². The average Bonchev–Trinajstić information content (AvgIpc) is 3.12. The molecule has 32 heavy (non-hydrogen) atoms. The van der Waals surface area contributed by atoms with Crippen molar-refractivity contribution in [3.8, 4) is 11.5 Å². The maximum absolute atomic E-state index is 13.5. The van der Waals surface area contributed by atoms with Crippen molar-refractivity contribution in [1.82, 2.24) is 4.57 Å². The number of rotatable bonds is 5. The predicted octanol–water partition coefficient (Wildman–Crippen LogP) is 2.43. The van der Waals surface area contributed by atoms with E-state index in [1.807, 2.05) is 42.5 Å². The van der Waals surface area contributed by atoms with Gasteiger partial charge in [-0.05, 0) is 48.4 Å². The van der Waals surface area contributed by atoms with E-state index in [-0.39, 0.29) is 5.56 Å². The minimum atomic E-state index is -0.650. The number of fused-ring (bicyclic) bond motifs is 1. The molecule has 0 fully saturated rings. The van der Waals surface area contributed by atoms with Crippen molar-refractivity contribution in [2.75, 3.05) is 21.3 Å². The molecule has 0 N–H and O–H groups in total. The third-order valence-electron chi connectivity index (χ3n) is 5.27. The summed E-state index contributed by atoms with van der Waals surface area (Å²) in [7, 11) is 4.51. The van der Waals surface area contributed by atoms with Crippen LogP contribution < -0.4 is 24.4 Å². The van der Waals surface area contributed by atoms with E-state index in [2.05, 4.69) is 4.99 Å². The maximum Gasteiger partial charge on any atom is 0.338 e. The number of allylic oxidation sites excluding steroid dienone is 1. The number of carbonyl (C=O) groups excluding carboxylic acids is 1. The average molecular weight is 451 g/mol. The third-order valence-corrected chi connectivity index (χ3v) is 6.26. The lowest BCUT2D eigenvalue weighted by molar-refractivity contribution is -0.136. The van der Waals surface area contributed by atoms with Gasteiger partial charge in [0.1, 0.15) is 11.5 Å². The number of thiazole rings is 1. The van der Waals surface area contributed by atoms with Gasteiger partial charge in [-0.25, -0.2) is 9.79 Å². The molecule has 2 aromatic carbocycles. The molecule has 0 radical (unpaired) electrons. The molecule has 3 aromatic rings. The van der Waals surface area contributed by atoms with Crippen molar-refractivity contribution in [3.05, 3.63) is 90.6 Å². The number of hydrogen-bond acceptors (Lipinski definition) is 7. The number of methoxy groups -OCH3 is 3. The molecule has 0 saturated carbocycles. The van der Waals surface area contributed by atoms with Crippen LogP contribution in [0.1, 0.15) is 24.1 Å². The summed E-state index contributed by atoms with van der Waals surface area (Å²) in [4.78, 5) is 31.2. The van der Waals surface area contributed by atoms with Gasteiger partial charge in [0.05, 0.1) is 43.2 Å². The highest BCUT2D eigenvalue weighted by molar-refractivity contribution is 7.07. The molecule has 1 aliphatic heterocycles. The Balaban J connectivity index is 1.92. The van der Waals surface area contributed by atoms with Gasteiger partial charge >= 0.3 is 5.97 Å². The summed E-state index contributed by atoms with van der Waals surface area (Å²) in [5, 5.41) is 0. The highest BCUT2D eigenvalue weighted by Gasteiger charge is 2.33. The largest absolute Gasteiger partial charge is 0.497 e. The van der Waals surface area contributed by atoms with E-state index in [1.54, 1.807) is 37.8 Å². The number of aromatic nitrogens is 1. The zero-order chi connectivity index (χ0) is 22.8. The summed E-state index contributed by atoms with van der Waals surface area (Å²) in [6.45, 7) is 1.75. The van der Waals surface area contributed by atoms with Crippen LogP contribution in [0.25, 0.3) is 6.08 Å². The van der Waals surface area contributed by atoms with Crippen LogP contribution in [-0.2, 0) is 9.53 Å². The molecule has 2 heterocycles.